The molecule has 0 bridgehead atoms. The summed E-state index contributed by atoms with van der Waals surface area (Å²) in [4.78, 5) is 41.2. The number of sulfone groups is 1. The third-order valence-corrected chi connectivity index (χ3v) is 8.11. The molecule has 35 heavy (non-hydrogen) atoms. The first-order valence-electron chi connectivity index (χ1n) is 11.7. The first kappa shape index (κ1) is 24.7. The highest BCUT2D eigenvalue weighted by Gasteiger charge is 2.36. The summed E-state index contributed by atoms with van der Waals surface area (Å²) in [6.45, 7) is 0.351. The van der Waals surface area contributed by atoms with E-state index in [1.807, 2.05) is 24.3 Å². The van der Waals surface area contributed by atoms with Crippen molar-refractivity contribution in [2.45, 2.75) is 25.3 Å². The van der Waals surface area contributed by atoms with Gasteiger partial charge in [-0.3, -0.25) is 9.59 Å². The first-order valence-corrected chi connectivity index (χ1v) is 13.5. The summed E-state index contributed by atoms with van der Waals surface area (Å²) < 4.78 is 29.3. The zero-order chi connectivity index (χ0) is 24.8. The van der Waals surface area contributed by atoms with E-state index in [0.29, 0.717) is 43.7 Å². The molecule has 1 atom stereocenters. The second kappa shape index (κ2) is 10.9. The Balaban J connectivity index is 1.29. The second-order valence-electron chi connectivity index (χ2n) is 8.82. The molecule has 3 amide bonds. The monoisotopic (exact) mass is 499 g/mol. The topological polar surface area (TPSA) is 113 Å². The second-order valence-corrected chi connectivity index (χ2v) is 11.1. The molecule has 186 valence electrons. The van der Waals surface area contributed by atoms with Gasteiger partial charge in [0.15, 0.2) is 16.4 Å². The summed E-state index contributed by atoms with van der Waals surface area (Å²) in [6, 6.07) is 17.3. The number of carbonyl (C=O) groups is 3. The lowest BCUT2D eigenvalue weighted by Crippen LogP contribution is -2.45. The minimum Gasteiger partial charge on any atom is -0.455 e. The van der Waals surface area contributed by atoms with Crippen molar-refractivity contribution in [3.8, 4) is 0 Å². The number of anilines is 2. The number of ether oxygens (including phenoxy) is 1. The van der Waals surface area contributed by atoms with Crippen LogP contribution in [0.2, 0.25) is 0 Å². The minimum absolute atomic E-state index is 0.0322. The van der Waals surface area contributed by atoms with Gasteiger partial charge in [0.05, 0.1) is 23.5 Å². The van der Waals surface area contributed by atoms with Crippen LogP contribution in [0.4, 0.5) is 16.2 Å². The average molecular weight is 500 g/mol. The molecule has 1 N–H and O–H groups in total. The molecule has 0 radical (unpaired) electrons. The number of urea groups is 1. The quantitative estimate of drug-likeness (QED) is 0.612. The van der Waals surface area contributed by atoms with Crippen molar-refractivity contribution in [3.63, 3.8) is 0 Å². The van der Waals surface area contributed by atoms with Crippen LogP contribution in [-0.2, 0) is 24.2 Å². The van der Waals surface area contributed by atoms with Crippen LogP contribution >= 0.6 is 0 Å². The molecule has 1 unspecified atom stereocenters. The molecular weight excluding hydrogens is 470 g/mol. The van der Waals surface area contributed by atoms with Crippen LogP contribution in [0, 0.1) is 5.92 Å². The van der Waals surface area contributed by atoms with Crippen molar-refractivity contribution < 1.29 is 27.5 Å². The Bertz CT molecular complexity index is 1150. The molecule has 2 saturated heterocycles. The number of esters is 1. The molecule has 0 spiro atoms. The van der Waals surface area contributed by atoms with Crippen molar-refractivity contribution in [2.75, 3.05) is 41.4 Å². The lowest BCUT2D eigenvalue weighted by molar-refractivity contribution is -0.153. The largest absolute Gasteiger partial charge is 0.455 e. The van der Waals surface area contributed by atoms with Gasteiger partial charge >= 0.3 is 12.0 Å². The molecule has 4 rings (SSSR count). The molecule has 0 aromatic heterocycles. The minimum atomic E-state index is -3.20. The number of likely N-dealkylation sites (tertiary alicyclic amines) is 1. The van der Waals surface area contributed by atoms with Gasteiger partial charge < -0.3 is 19.9 Å². The lowest BCUT2D eigenvalue weighted by atomic mass is 9.97. The highest BCUT2D eigenvalue weighted by molar-refractivity contribution is 7.91. The van der Waals surface area contributed by atoms with E-state index in [-0.39, 0.29) is 17.5 Å². The molecule has 2 aromatic carbocycles. The fourth-order valence-corrected chi connectivity index (χ4v) is 6.19. The Morgan fingerprint density at radius 3 is 2.17 bits per heavy atom. The summed E-state index contributed by atoms with van der Waals surface area (Å²) >= 11 is 0. The maximum Gasteiger partial charge on any atom is 0.321 e. The molecule has 2 heterocycles. The van der Waals surface area contributed by atoms with Crippen molar-refractivity contribution in [3.05, 3.63) is 60.7 Å². The molecule has 0 aliphatic carbocycles. The smallest absolute Gasteiger partial charge is 0.321 e. The summed E-state index contributed by atoms with van der Waals surface area (Å²) in [7, 11) is -3.20. The molecule has 10 heteroatoms. The molecule has 2 fully saturated rings. The van der Waals surface area contributed by atoms with E-state index < -0.39 is 40.3 Å². The van der Waals surface area contributed by atoms with Gasteiger partial charge in [-0.1, -0.05) is 36.4 Å². The van der Waals surface area contributed by atoms with Crippen molar-refractivity contribution in [1.82, 2.24) is 4.90 Å². The predicted molar refractivity (Wildman–Crippen MR) is 132 cm³/mol. The van der Waals surface area contributed by atoms with Crippen molar-refractivity contribution in [2.24, 2.45) is 5.92 Å². The van der Waals surface area contributed by atoms with Crippen molar-refractivity contribution >= 4 is 39.1 Å². The van der Waals surface area contributed by atoms with E-state index in [2.05, 4.69) is 5.32 Å². The highest BCUT2D eigenvalue weighted by Crippen LogP contribution is 2.25. The maximum absolute atomic E-state index is 13.0. The van der Waals surface area contributed by atoms with Gasteiger partial charge in [0, 0.05) is 24.5 Å². The third kappa shape index (κ3) is 6.39. The van der Waals surface area contributed by atoms with Gasteiger partial charge in [-0.2, -0.15) is 0 Å². The van der Waals surface area contributed by atoms with Crippen LogP contribution in [0.5, 0.6) is 0 Å². The van der Waals surface area contributed by atoms with Crippen LogP contribution < -0.4 is 10.2 Å². The van der Waals surface area contributed by atoms with Gasteiger partial charge in [-0.25, -0.2) is 13.2 Å². The number of hydrogen-bond acceptors (Lipinski definition) is 6. The van der Waals surface area contributed by atoms with E-state index in [4.69, 9.17) is 4.74 Å². The van der Waals surface area contributed by atoms with E-state index in [1.54, 1.807) is 41.3 Å². The van der Waals surface area contributed by atoms with Gasteiger partial charge in [-0.05, 0) is 43.5 Å². The highest BCUT2D eigenvalue weighted by atomic mass is 32.2. The van der Waals surface area contributed by atoms with Crippen molar-refractivity contribution in [1.29, 1.82) is 0 Å². The summed E-state index contributed by atoms with van der Waals surface area (Å²) in [5.41, 5.74) is 1.28. The Kier molecular flexibility index (Phi) is 7.70. The molecule has 2 aliphatic rings. The number of para-hydroxylation sites is 2. The Morgan fingerprint density at radius 2 is 1.57 bits per heavy atom. The summed E-state index contributed by atoms with van der Waals surface area (Å²) in [6.07, 6.45) is 1.23. The zero-order valence-electron chi connectivity index (χ0n) is 19.3. The number of rotatable bonds is 6. The Morgan fingerprint density at radius 1 is 0.943 bits per heavy atom. The predicted octanol–water partition coefficient (Wildman–Crippen LogP) is 2.69. The molecule has 2 aromatic rings. The number of piperidine rings is 1. The van der Waals surface area contributed by atoms with Gasteiger partial charge in [0.25, 0.3) is 5.91 Å². The summed E-state index contributed by atoms with van der Waals surface area (Å²) in [5.74, 6) is -1.41. The molecular formula is C25H29N3O6S. The fourth-order valence-electron chi connectivity index (χ4n) is 4.49. The van der Waals surface area contributed by atoms with E-state index >= 15 is 0 Å². The third-order valence-electron chi connectivity index (χ3n) is 6.36. The first-order chi connectivity index (χ1) is 16.8. The van der Waals surface area contributed by atoms with Gasteiger partial charge in [-0.15, -0.1) is 0 Å². The van der Waals surface area contributed by atoms with Gasteiger partial charge in [0.2, 0.25) is 0 Å². The SMILES string of the molecule is O=C(OCC(=O)N(c1ccccc1)C1CCS(=O)(=O)C1)C1CCN(C(=O)Nc2ccccc2)CC1. The average Bonchev–Trinajstić information content (AvgIpc) is 3.23. The molecule has 0 saturated carbocycles. The number of benzene rings is 2. The van der Waals surface area contributed by atoms with Crippen LogP contribution in [0.25, 0.3) is 0 Å². The summed E-state index contributed by atoms with van der Waals surface area (Å²) in [5, 5.41) is 2.83. The normalized spacial score (nSPS) is 19.7. The van der Waals surface area contributed by atoms with Gasteiger partial charge in [0.1, 0.15) is 0 Å². The van der Waals surface area contributed by atoms with E-state index in [0.717, 1.165) is 0 Å². The fraction of sp³-hybridized carbons (Fsp3) is 0.400. The Labute approximate surface area is 205 Å². The number of amides is 3. The van der Waals surface area contributed by atoms with Crippen LogP contribution in [-0.4, -0.2) is 68.5 Å². The van der Waals surface area contributed by atoms with E-state index in [1.165, 1.54) is 4.90 Å². The Hall–Kier alpha value is -3.40. The number of nitrogens with zero attached hydrogens (tertiary/aromatic N) is 2. The van der Waals surface area contributed by atoms with E-state index in [9.17, 15) is 22.8 Å². The standard InChI is InChI=1S/C25H29N3O6S/c29-23(28(21-9-5-2-6-10-21)22-13-16-35(32,33)18-22)17-34-24(30)19-11-14-27(15-12-19)25(31)26-20-7-3-1-4-8-20/h1-10,19,22H,11-18H2,(H,26,31). The van der Waals surface area contributed by atoms with Crippen LogP contribution in [0.1, 0.15) is 19.3 Å². The maximum atomic E-state index is 13.0. The lowest BCUT2D eigenvalue weighted by Gasteiger charge is -2.31. The number of nitrogens with one attached hydrogen (secondary N) is 1. The zero-order valence-corrected chi connectivity index (χ0v) is 20.2. The number of hydrogen-bond donors (Lipinski definition) is 1. The van der Waals surface area contributed by atoms with Crippen LogP contribution in [0.3, 0.4) is 0 Å². The van der Waals surface area contributed by atoms with Crippen LogP contribution in [0.15, 0.2) is 60.7 Å². The number of carbonyl (C=O) groups excluding carboxylic acids is 3. The molecule has 9 nitrogen and oxygen atoms in total. The molecule has 2 aliphatic heterocycles.